The number of nitrogens with one attached hydrogen (secondary N) is 1. The molecule has 2 N–H and O–H groups in total. The van der Waals surface area contributed by atoms with E-state index in [4.69, 9.17) is 5.11 Å². The van der Waals surface area contributed by atoms with Crippen LogP contribution in [0.25, 0.3) is 11.4 Å². The molecule has 0 fully saturated rings. The number of carboxylic acids is 1. The van der Waals surface area contributed by atoms with Crippen LogP contribution in [-0.2, 0) is 11.0 Å². The molecule has 106 valence electrons. The van der Waals surface area contributed by atoms with Gasteiger partial charge in [0.25, 0.3) is 0 Å². The van der Waals surface area contributed by atoms with E-state index in [2.05, 4.69) is 15.2 Å². The van der Waals surface area contributed by atoms with Crippen LogP contribution in [0.4, 0.5) is 13.2 Å². The summed E-state index contributed by atoms with van der Waals surface area (Å²) < 4.78 is 37.7. The number of aliphatic carboxylic acids is 1. The number of H-pyrrole nitrogens is 1. The average molecular weight is 303 g/mol. The van der Waals surface area contributed by atoms with Crippen molar-refractivity contribution in [2.45, 2.75) is 11.3 Å². The quantitative estimate of drug-likeness (QED) is 0.849. The van der Waals surface area contributed by atoms with Crippen molar-refractivity contribution < 1.29 is 23.1 Å². The summed E-state index contributed by atoms with van der Waals surface area (Å²) in [5.74, 6) is -1.08. The minimum absolute atomic E-state index is 0.156. The molecular weight excluding hydrogens is 295 g/mol. The minimum Gasteiger partial charge on any atom is -0.481 e. The molecule has 0 radical (unpaired) electrons. The van der Waals surface area contributed by atoms with Crippen LogP contribution in [0.5, 0.6) is 0 Å². The molecule has 0 spiro atoms. The van der Waals surface area contributed by atoms with Gasteiger partial charge >= 0.3 is 12.1 Å². The number of carboxylic acid groups (broad SMARTS) is 1. The Labute approximate surface area is 115 Å². The third-order valence-corrected chi connectivity index (χ3v) is 3.11. The Bertz CT molecular complexity index is 627. The summed E-state index contributed by atoms with van der Waals surface area (Å²) in [6, 6.07) is 4.64. The fourth-order valence-corrected chi connectivity index (χ4v) is 1.94. The second-order valence-electron chi connectivity index (χ2n) is 3.74. The summed E-state index contributed by atoms with van der Waals surface area (Å²) in [6.45, 7) is 0. The van der Waals surface area contributed by atoms with Gasteiger partial charge in [-0.15, -0.1) is 10.2 Å². The number of hydrogen-bond donors (Lipinski definition) is 2. The van der Waals surface area contributed by atoms with Crippen molar-refractivity contribution >= 4 is 17.7 Å². The lowest BCUT2D eigenvalue weighted by molar-refractivity contribution is -0.137. The first kappa shape index (κ1) is 14.4. The molecule has 0 atom stereocenters. The van der Waals surface area contributed by atoms with Crippen molar-refractivity contribution in [3.05, 3.63) is 29.8 Å². The Balaban J connectivity index is 2.22. The highest BCUT2D eigenvalue weighted by atomic mass is 32.2. The molecule has 0 aliphatic heterocycles. The molecular formula is C11H8F3N3O2S. The van der Waals surface area contributed by atoms with Crippen LogP contribution in [0.15, 0.2) is 29.4 Å². The summed E-state index contributed by atoms with van der Waals surface area (Å²) >= 11 is 0.903. The molecule has 1 heterocycles. The molecule has 1 aromatic carbocycles. The summed E-state index contributed by atoms with van der Waals surface area (Å²) in [5, 5.41) is 16.1. The highest BCUT2D eigenvalue weighted by Gasteiger charge is 2.30. The SMILES string of the molecule is O=C(O)CSc1nnc(-c2cccc(C(F)(F)F)c2)[nH]1. The number of thioether (sulfide) groups is 1. The fourth-order valence-electron chi connectivity index (χ4n) is 1.41. The van der Waals surface area contributed by atoms with Gasteiger partial charge < -0.3 is 10.1 Å². The lowest BCUT2D eigenvalue weighted by Crippen LogP contribution is -2.04. The van der Waals surface area contributed by atoms with Crippen molar-refractivity contribution in [1.82, 2.24) is 15.2 Å². The molecule has 2 aromatic rings. The summed E-state index contributed by atoms with van der Waals surface area (Å²) in [6.07, 6.45) is -4.43. The predicted octanol–water partition coefficient (Wildman–Crippen LogP) is 2.67. The largest absolute Gasteiger partial charge is 0.481 e. The van der Waals surface area contributed by atoms with Crippen LogP contribution in [0.1, 0.15) is 5.56 Å². The molecule has 1 aromatic heterocycles. The molecule has 0 unspecified atom stereocenters. The summed E-state index contributed by atoms with van der Waals surface area (Å²) in [7, 11) is 0. The Morgan fingerprint density at radius 2 is 2.10 bits per heavy atom. The first-order valence-electron chi connectivity index (χ1n) is 5.31. The van der Waals surface area contributed by atoms with E-state index in [0.29, 0.717) is 0 Å². The van der Waals surface area contributed by atoms with Crippen LogP contribution < -0.4 is 0 Å². The lowest BCUT2D eigenvalue weighted by Gasteiger charge is -2.06. The second-order valence-corrected chi connectivity index (χ2v) is 4.70. The topological polar surface area (TPSA) is 78.9 Å². The van der Waals surface area contributed by atoms with Gasteiger partial charge in [-0.1, -0.05) is 23.9 Å². The highest BCUT2D eigenvalue weighted by molar-refractivity contribution is 7.99. The van der Waals surface area contributed by atoms with E-state index >= 15 is 0 Å². The molecule has 20 heavy (non-hydrogen) atoms. The molecule has 9 heteroatoms. The molecule has 5 nitrogen and oxygen atoms in total. The van der Waals surface area contributed by atoms with Crippen LogP contribution >= 0.6 is 11.8 Å². The highest BCUT2D eigenvalue weighted by Crippen LogP contribution is 2.31. The number of benzene rings is 1. The van der Waals surface area contributed by atoms with Gasteiger partial charge in [-0.25, -0.2) is 0 Å². The number of alkyl halides is 3. The molecule has 0 aliphatic carbocycles. The number of halogens is 3. The third kappa shape index (κ3) is 3.50. The maximum Gasteiger partial charge on any atom is 0.416 e. The summed E-state index contributed by atoms with van der Waals surface area (Å²) in [5.41, 5.74) is -0.555. The minimum atomic E-state index is -4.43. The third-order valence-electron chi connectivity index (χ3n) is 2.26. The fraction of sp³-hybridized carbons (Fsp3) is 0.182. The van der Waals surface area contributed by atoms with Crippen LogP contribution in [0.2, 0.25) is 0 Å². The zero-order chi connectivity index (χ0) is 14.8. The van der Waals surface area contributed by atoms with Gasteiger partial charge in [0, 0.05) is 5.56 Å². The molecule has 0 saturated carbocycles. The Morgan fingerprint density at radius 1 is 1.35 bits per heavy atom. The maximum atomic E-state index is 12.6. The van der Waals surface area contributed by atoms with Crippen LogP contribution in [0.3, 0.4) is 0 Å². The van der Waals surface area contributed by atoms with Gasteiger partial charge in [0.1, 0.15) is 0 Å². The first-order valence-corrected chi connectivity index (χ1v) is 6.30. The van der Waals surface area contributed by atoms with E-state index in [1.807, 2.05) is 0 Å². The smallest absolute Gasteiger partial charge is 0.416 e. The van der Waals surface area contributed by atoms with E-state index in [9.17, 15) is 18.0 Å². The van der Waals surface area contributed by atoms with Gasteiger partial charge in [0.15, 0.2) is 11.0 Å². The van der Waals surface area contributed by atoms with Gasteiger partial charge in [-0.05, 0) is 12.1 Å². The number of carbonyl (C=O) groups is 1. The van der Waals surface area contributed by atoms with Crippen molar-refractivity contribution in [1.29, 1.82) is 0 Å². The standard InChI is InChI=1S/C11H8F3N3O2S/c12-11(13,14)7-3-1-2-6(4-7)9-15-10(17-16-9)20-5-8(18)19/h1-4H,5H2,(H,18,19)(H,15,16,17). The monoisotopic (exact) mass is 303 g/mol. The number of hydrogen-bond acceptors (Lipinski definition) is 4. The van der Waals surface area contributed by atoms with E-state index in [-0.39, 0.29) is 22.3 Å². The Kier molecular flexibility index (Phi) is 3.98. The first-order chi connectivity index (χ1) is 9.36. The Hall–Kier alpha value is -2.03. The number of aromatic amines is 1. The Morgan fingerprint density at radius 3 is 2.75 bits per heavy atom. The van der Waals surface area contributed by atoms with Gasteiger partial charge in [-0.3, -0.25) is 4.79 Å². The molecule has 2 rings (SSSR count). The predicted molar refractivity (Wildman–Crippen MR) is 65.2 cm³/mol. The van der Waals surface area contributed by atoms with Crippen molar-refractivity contribution in [3.63, 3.8) is 0 Å². The zero-order valence-corrected chi connectivity index (χ0v) is 10.6. The van der Waals surface area contributed by atoms with E-state index in [1.54, 1.807) is 0 Å². The van der Waals surface area contributed by atoms with Gasteiger partial charge in [-0.2, -0.15) is 13.2 Å². The van der Waals surface area contributed by atoms with E-state index in [1.165, 1.54) is 12.1 Å². The number of nitrogens with zero attached hydrogens (tertiary/aromatic N) is 2. The van der Waals surface area contributed by atoms with Crippen molar-refractivity contribution in [2.75, 3.05) is 5.75 Å². The van der Waals surface area contributed by atoms with E-state index < -0.39 is 17.7 Å². The molecule has 0 bridgehead atoms. The van der Waals surface area contributed by atoms with Gasteiger partial charge in [0.05, 0.1) is 11.3 Å². The molecule has 0 saturated heterocycles. The normalized spacial score (nSPS) is 11.6. The number of rotatable bonds is 4. The van der Waals surface area contributed by atoms with E-state index in [0.717, 1.165) is 23.9 Å². The molecule has 0 amide bonds. The lowest BCUT2D eigenvalue weighted by atomic mass is 10.1. The van der Waals surface area contributed by atoms with Crippen LogP contribution in [-0.4, -0.2) is 32.0 Å². The van der Waals surface area contributed by atoms with Crippen LogP contribution in [0, 0.1) is 0 Å². The number of aromatic nitrogens is 3. The molecule has 0 aliphatic rings. The van der Waals surface area contributed by atoms with Crippen molar-refractivity contribution in [2.24, 2.45) is 0 Å². The summed E-state index contributed by atoms with van der Waals surface area (Å²) in [4.78, 5) is 13.1. The second kappa shape index (κ2) is 5.53. The average Bonchev–Trinajstić information content (AvgIpc) is 2.84. The zero-order valence-electron chi connectivity index (χ0n) is 9.81. The van der Waals surface area contributed by atoms with Crippen molar-refractivity contribution in [3.8, 4) is 11.4 Å². The van der Waals surface area contributed by atoms with Gasteiger partial charge in [0.2, 0.25) is 0 Å². The maximum absolute atomic E-state index is 12.6.